The number of hydrogen-bond acceptors (Lipinski definition) is 3. The van der Waals surface area contributed by atoms with Gasteiger partial charge in [-0.05, 0) is 17.7 Å². The summed E-state index contributed by atoms with van der Waals surface area (Å²) in [6, 6.07) is 7.44. The Kier molecular flexibility index (Phi) is 3.39. The second-order valence-electron chi connectivity index (χ2n) is 3.47. The molecule has 5 nitrogen and oxygen atoms in total. The van der Waals surface area contributed by atoms with Gasteiger partial charge >= 0.3 is 0 Å². The second-order valence-corrected chi connectivity index (χ2v) is 3.91. The summed E-state index contributed by atoms with van der Waals surface area (Å²) in [5.41, 5.74) is 1.04. The zero-order chi connectivity index (χ0) is 12.3. The fourth-order valence-corrected chi connectivity index (χ4v) is 1.49. The maximum absolute atomic E-state index is 11.3. The molecule has 0 aliphatic rings. The van der Waals surface area contributed by atoms with Crippen LogP contribution in [0, 0.1) is 0 Å². The Bertz CT molecular complexity index is 521. The van der Waals surface area contributed by atoms with Gasteiger partial charge in [0.05, 0.1) is 6.54 Å². The molecule has 0 spiro atoms. The third-order valence-electron chi connectivity index (χ3n) is 2.22. The molecule has 2 rings (SSSR count). The van der Waals surface area contributed by atoms with Crippen molar-refractivity contribution in [1.82, 2.24) is 20.1 Å². The van der Waals surface area contributed by atoms with E-state index in [1.54, 1.807) is 11.7 Å². The summed E-state index contributed by atoms with van der Waals surface area (Å²) in [7, 11) is 1.54. The fraction of sp³-hybridized carbons (Fsp3) is 0.182. The Morgan fingerprint density at radius 1 is 1.41 bits per heavy atom. The van der Waals surface area contributed by atoms with E-state index in [0.717, 1.165) is 5.56 Å². The summed E-state index contributed by atoms with van der Waals surface area (Å²) >= 11 is 5.79. The van der Waals surface area contributed by atoms with E-state index in [9.17, 15) is 4.79 Å². The van der Waals surface area contributed by atoms with E-state index in [0.29, 0.717) is 11.6 Å². The highest BCUT2D eigenvalue weighted by molar-refractivity contribution is 6.30. The molecule has 0 saturated heterocycles. The highest BCUT2D eigenvalue weighted by Crippen LogP contribution is 2.10. The molecule has 88 valence electrons. The number of hydrogen-bond donors (Lipinski definition) is 1. The van der Waals surface area contributed by atoms with Crippen molar-refractivity contribution in [3.05, 3.63) is 47.0 Å². The van der Waals surface area contributed by atoms with Gasteiger partial charge < -0.3 is 5.32 Å². The molecule has 0 aliphatic carbocycles. The first kappa shape index (κ1) is 11.6. The molecule has 6 heteroatoms. The Morgan fingerprint density at radius 3 is 2.76 bits per heavy atom. The van der Waals surface area contributed by atoms with Crippen LogP contribution in [0.1, 0.15) is 16.2 Å². The van der Waals surface area contributed by atoms with Crippen LogP contribution in [-0.4, -0.2) is 27.7 Å². The Balaban J connectivity index is 2.11. The van der Waals surface area contributed by atoms with Gasteiger partial charge in [-0.2, -0.15) is 0 Å². The van der Waals surface area contributed by atoms with E-state index in [1.807, 2.05) is 24.3 Å². The second kappa shape index (κ2) is 4.97. The van der Waals surface area contributed by atoms with Gasteiger partial charge in [0.1, 0.15) is 6.33 Å². The number of rotatable bonds is 3. The van der Waals surface area contributed by atoms with Crippen LogP contribution in [0.15, 0.2) is 30.6 Å². The lowest BCUT2D eigenvalue weighted by Gasteiger charge is -2.00. The minimum absolute atomic E-state index is 0.168. The lowest BCUT2D eigenvalue weighted by molar-refractivity contribution is 0.0952. The van der Waals surface area contributed by atoms with Gasteiger partial charge in [-0.1, -0.05) is 23.7 Å². The third-order valence-corrected chi connectivity index (χ3v) is 2.48. The highest BCUT2D eigenvalue weighted by Gasteiger charge is 2.08. The minimum atomic E-state index is -0.292. The maximum Gasteiger partial charge on any atom is 0.290 e. The first-order chi connectivity index (χ1) is 8.19. The van der Waals surface area contributed by atoms with Crippen molar-refractivity contribution >= 4 is 17.5 Å². The molecular formula is C11H11ClN4O. The Hall–Kier alpha value is -1.88. The van der Waals surface area contributed by atoms with Crippen LogP contribution in [-0.2, 0) is 6.54 Å². The van der Waals surface area contributed by atoms with E-state index in [-0.39, 0.29) is 11.7 Å². The predicted molar refractivity (Wildman–Crippen MR) is 64.0 cm³/mol. The van der Waals surface area contributed by atoms with E-state index in [2.05, 4.69) is 15.4 Å². The summed E-state index contributed by atoms with van der Waals surface area (Å²) in [4.78, 5) is 15.2. The van der Waals surface area contributed by atoms with Gasteiger partial charge in [0, 0.05) is 12.1 Å². The van der Waals surface area contributed by atoms with Crippen LogP contribution in [0.25, 0.3) is 0 Å². The third kappa shape index (κ3) is 2.82. The minimum Gasteiger partial charge on any atom is -0.352 e. The van der Waals surface area contributed by atoms with E-state index in [1.165, 1.54) is 6.33 Å². The lowest BCUT2D eigenvalue weighted by atomic mass is 10.2. The lowest BCUT2D eigenvalue weighted by Crippen LogP contribution is -2.19. The molecule has 0 aliphatic heterocycles. The van der Waals surface area contributed by atoms with Crippen molar-refractivity contribution in [3.63, 3.8) is 0 Å². The van der Waals surface area contributed by atoms with Crippen LogP contribution in [0.2, 0.25) is 5.02 Å². The first-order valence-corrected chi connectivity index (χ1v) is 5.43. The summed E-state index contributed by atoms with van der Waals surface area (Å²) in [6.07, 6.45) is 1.53. The average Bonchev–Trinajstić information content (AvgIpc) is 2.80. The standard InChI is InChI=1S/C11H11ClN4O/c1-13-11(17)10-14-7-16(15-10)6-8-2-4-9(12)5-3-8/h2-5,7H,6H2,1H3,(H,13,17). The van der Waals surface area contributed by atoms with Crippen LogP contribution in [0.5, 0.6) is 0 Å². The predicted octanol–water partition coefficient (Wildman–Crippen LogP) is 1.34. The molecule has 0 bridgehead atoms. The van der Waals surface area contributed by atoms with Crippen LogP contribution in [0.4, 0.5) is 0 Å². The normalized spacial score (nSPS) is 10.2. The zero-order valence-corrected chi connectivity index (χ0v) is 9.98. The largest absolute Gasteiger partial charge is 0.352 e. The summed E-state index contributed by atoms with van der Waals surface area (Å²) in [6.45, 7) is 0.557. The highest BCUT2D eigenvalue weighted by atomic mass is 35.5. The van der Waals surface area contributed by atoms with Crippen molar-refractivity contribution in [2.24, 2.45) is 0 Å². The summed E-state index contributed by atoms with van der Waals surface area (Å²) in [5, 5.41) is 7.22. The van der Waals surface area contributed by atoms with Gasteiger partial charge in [-0.15, -0.1) is 5.10 Å². The number of nitrogens with one attached hydrogen (secondary N) is 1. The van der Waals surface area contributed by atoms with E-state index >= 15 is 0 Å². The molecule has 1 amide bonds. The van der Waals surface area contributed by atoms with Crippen molar-refractivity contribution in [2.75, 3.05) is 7.05 Å². The number of halogens is 1. The summed E-state index contributed by atoms with van der Waals surface area (Å²) in [5.74, 6) is -0.124. The van der Waals surface area contributed by atoms with Crippen LogP contribution in [0.3, 0.4) is 0 Å². The fourth-order valence-electron chi connectivity index (χ4n) is 1.36. The van der Waals surface area contributed by atoms with Crippen molar-refractivity contribution in [2.45, 2.75) is 6.54 Å². The summed E-state index contributed by atoms with van der Waals surface area (Å²) < 4.78 is 1.60. The molecule has 1 heterocycles. The quantitative estimate of drug-likeness (QED) is 0.894. The Morgan fingerprint density at radius 2 is 2.12 bits per heavy atom. The molecule has 0 radical (unpaired) electrons. The molecule has 0 unspecified atom stereocenters. The molecule has 0 atom stereocenters. The van der Waals surface area contributed by atoms with Gasteiger partial charge in [-0.25, -0.2) is 9.67 Å². The number of nitrogens with zero attached hydrogens (tertiary/aromatic N) is 3. The van der Waals surface area contributed by atoms with Crippen molar-refractivity contribution < 1.29 is 4.79 Å². The molecule has 1 aromatic heterocycles. The molecule has 1 N–H and O–H groups in total. The van der Waals surface area contributed by atoms with Crippen LogP contribution >= 0.6 is 11.6 Å². The molecule has 0 fully saturated rings. The van der Waals surface area contributed by atoms with Gasteiger partial charge in [-0.3, -0.25) is 4.79 Å². The molecule has 17 heavy (non-hydrogen) atoms. The van der Waals surface area contributed by atoms with E-state index in [4.69, 9.17) is 11.6 Å². The van der Waals surface area contributed by atoms with Crippen molar-refractivity contribution in [1.29, 1.82) is 0 Å². The van der Waals surface area contributed by atoms with E-state index < -0.39 is 0 Å². The SMILES string of the molecule is CNC(=O)c1ncn(Cc2ccc(Cl)cc2)n1. The number of amides is 1. The number of aromatic nitrogens is 3. The topological polar surface area (TPSA) is 59.8 Å². The van der Waals surface area contributed by atoms with Gasteiger partial charge in [0.15, 0.2) is 0 Å². The van der Waals surface area contributed by atoms with Gasteiger partial charge in [0.25, 0.3) is 5.91 Å². The number of carbonyl (C=O) groups is 1. The average molecular weight is 251 g/mol. The van der Waals surface area contributed by atoms with Gasteiger partial charge in [0.2, 0.25) is 5.82 Å². The molecular weight excluding hydrogens is 240 g/mol. The smallest absolute Gasteiger partial charge is 0.290 e. The zero-order valence-electron chi connectivity index (χ0n) is 9.22. The monoisotopic (exact) mass is 250 g/mol. The maximum atomic E-state index is 11.3. The number of carbonyl (C=O) groups excluding carboxylic acids is 1. The molecule has 1 aromatic carbocycles. The first-order valence-electron chi connectivity index (χ1n) is 5.05. The van der Waals surface area contributed by atoms with Crippen LogP contribution < -0.4 is 5.32 Å². The number of benzene rings is 1. The molecule has 0 saturated carbocycles. The molecule has 2 aromatic rings. The Labute approximate surface area is 103 Å². The van der Waals surface area contributed by atoms with Crippen molar-refractivity contribution in [3.8, 4) is 0 Å².